The summed E-state index contributed by atoms with van der Waals surface area (Å²) in [6, 6.07) is 0. The molecule has 32 heavy (non-hydrogen) atoms. The van der Waals surface area contributed by atoms with Gasteiger partial charge in [0.1, 0.15) is 36.6 Å². The van der Waals surface area contributed by atoms with Crippen molar-refractivity contribution in [2.45, 2.75) is 48.8 Å². The van der Waals surface area contributed by atoms with Gasteiger partial charge in [-0.2, -0.15) is 0 Å². The van der Waals surface area contributed by atoms with Crippen LogP contribution < -0.4 is 0 Å². The van der Waals surface area contributed by atoms with Crippen LogP contribution in [0.3, 0.4) is 0 Å². The lowest BCUT2D eigenvalue weighted by Crippen LogP contribution is -2.49. The van der Waals surface area contributed by atoms with Crippen LogP contribution in [0.25, 0.3) is 0 Å². The van der Waals surface area contributed by atoms with Crippen LogP contribution in [0, 0.1) is 0 Å². The maximum Gasteiger partial charge on any atom is 0.530 e. The van der Waals surface area contributed by atoms with Crippen molar-refractivity contribution in [3.8, 4) is 0 Å². The third kappa shape index (κ3) is 10.3. The SMILES string of the molecule is O=C[C@@H](OP(=O)(O)OC(=O)[C@@H](O)[C@@H](O)[C@H](O)[C@H](O)CO)[C@@H](O)[C@H](O)[C@H](O)COP(=O)(O)O. The van der Waals surface area contributed by atoms with Gasteiger partial charge in [0.15, 0.2) is 18.5 Å². The first kappa shape index (κ1) is 31.1. The minimum atomic E-state index is -5.70. The highest BCUT2D eigenvalue weighted by molar-refractivity contribution is 7.48. The lowest BCUT2D eigenvalue weighted by molar-refractivity contribution is -0.164. The van der Waals surface area contributed by atoms with E-state index in [1.54, 1.807) is 0 Å². The molecule has 0 aromatic heterocycles. The highest BCUT2D eigenvalue weighted by atomic mass is 31.2. The fraction of sp³-hybridized carbons (Fsp3) is 0.833. The van der Waals surface area contributed by atoms with Gasteiger partial charge in [-0.05, 0) is 0 Å². The molecule has 0 saturated heterocycles. The molecule has 0 aromatic carbocycles. The highest BCUT2D eigenvalue weighted by Crippen LogP contribution is 2.45. The number of rotatable bonds is 15. The van der Waals surface area contributed by atoms with Gasteiger partial charge >= 0.3 is 21.6 Å². The predicted octanol–water partition coefficient (Wildman–Crippen LogP) is -6.16. The maximum atomic E-state index is 11.8. The monoisotopic (exact) mass is 518 g/mol. The summed E-state index contributed by atoms with van der Waals surface area (Å²) in [4.78, 5) is 49.1. The summed E-state index contributed by atoms with van der Waals surface area (Å²) in [7, 11) is -10.8. The number of carbonyl (C=O) groups excluding carboxylic acids is 2. The third-order valence-corrected chi connectivity index (χ3v) is 4.99. The van der Waals surface area contributed by atoms with E-state index >= 15 is 0 Å². The summed E-state index contributed by atoms with van der Waals surface area (Å²) in [6.07, 6.45) is -19.8. The van der Waals surface area contributed by atoms with E-state index in [1.165, 1.54) is 0 Å². The van der Waals surface area contributed by atoms with Gasteiger partial charge in [-0.25, -0.2) is 13.9 Å². The molecule has 0 rings (SSSR count). The van der Waals surface area contributed by atoms with Crippen molar-refractivity contribution < 1.29 is 87.8 Å². The predicted molar refractivity (Wildman–Crippen MR) is 94.0 cm³/mol. The normalized spacial score (nSPS) is 21.8. The zero-order valence-electron chi connectivity index (χ0n) is 15.8. The van der Waals surface area contributed by atoms with Gasteiger partial charge in [0.2, 0.25) is 0 Å². The molecule has 0 saturated carbocycles. The van der Waals surface area contributed by atoms with Gasteiger partial charge in [0.05, 0.1) is 13.2 Å². The number of phosphoric ester groups is 2. The molecular weight excluding hydrogens is 494 g/mol. The lowest BCUT2D eigenvalue weighted by Gasteiger charge is -2.28. The number of carbonyl (C=O) groups is 2. The van der Waals surface area contributed by atoms with Crippen molar-refractivity contribution in [2.75, 3.05) is 13.2 Å². The fourth-order valence-corrected chi connectivity index (χ4v) is 3.07. The number of hydrogen-bond donors (Lipinski definition) is 11. The van der Waals surface area contributed by atoms with E-state index < -0.39 is 89.9 Å². The Morgan fingerprint density at radius 2 is 1.34 bits per heavy atom. The molecule has 0 amide bonds. The van der Waals surface area contributed by atoms with Crippen LogP contribution in [0.1, 0.15) is 0 Å². The molecule has 0 radical (unpaired) electrons. The summed E-state index contributed by atoms with van der Waals surface area (Å²) >= 11 is 0. The van der Waals surface area contributed by atoms with Gasteiger partial charge in [-0.3, -0.25) is 13.9 Å². The molecule has 0 aliphatic rings. The van der Waals surface area contributed by atoms with E-state index in [1.807, 2.05) is 0 Å². The molecule has 0 bridgehead atoms. The molecule has 1 unspecified atom stereocenters. The van der Waals surface area contributed by atoms with E-state index in [2.05, 4.69) is 13.6 Å². The lowest BCUT2D eigenvalue weighted by atomic mass is 10.0. The Balaban J connectivity index is 5.12. The molecule has 0 spiro atoms. The molecule has 0 aliphatic heterocycles. The Labute approximate surface area is 178 Å². The van der Waals surface area contributed by atoms with Crippen LogP contribution in [0.4, 0.5) is 0 Å². The average molecular weight is 518 g/mol. The minimum Gasteiger partial charge on any atom is -0.394 e. The molecule has 0 fully saturated rings. The molecule has 190 valence electrons. The molecule has 11 N–H and O–H groups in total. The van der Waals surface area contributed by atoms with E-state index in [0.29, 0.717) is 0 Å². The highest BCUT2D eigenvalue weighted by Gasteiger charge is 2.42. The Kier molecular flexibility index (Phi) is 12.7. The number of phosphoric acid groups is 2. The molecule has 0 aliphatic carbocycles. The first-order valence-corrected chi connectivity index (χ1v) is 11.3. The van der Waals surface area contributed by atoms with Crippen molar-refractivity contribution in [2.24, 2.45) is 0 Å². The van der Waals surface area contributed by atoms with Gasteiger partial charge in [0, 0.05) is 0 Å². The van der Waals surface area contributed by atoms with Crippen LogP contribution >= 0.6 is 15.6 Å². The average Bonchev–Trinajstić information content (AvgIpc) is 2.71. The quantitative estimate of drug-likeness (QED) is 0.0709. The molecular formula is C12H24O18P2. The van der Waals surface area contributed by atoms with Crippen LogP contribution in [0.2, 0.25) is 0 Å². The second kappa shape index (κ2) is 13.1. The van der Waals surface area contributed by atoms with Crippen molar-refractivity contribution in [3.63, 3.8) is 0 Å². The van der Waals surface area contributed by atoms with Gasteiger partial charge in [0.25, 0.3) is 0 Å². The molecule has 0 heterocycles. The molecule has 20 heteroatoms. The Morgan fingerprint density at radius 1 is 0.844 bits per heavy atom. The Hall–Kier alpha value is -0.920. The zero-order valence-corrected chi connectivity index (χ0v) is 17.6. The summed E-state index contributed by atoms with van der Waals surface area (Å²) in [5.41, 5.74) is 0. The third-order valence-electron chi connectivity index (χ3n) is 3.58. The first-order valence-electron chi connectivity index (χ1n) is 8.24. The van der Waals surface area contributed by atoms with Gasteiger partial charge < -0.3 is 60.0 Å². The van der Waals surface area contributed by atoms with Crippen molar-refractivity contribution in [3.05, 3.63) is 0 Å². The van der Waals surface area contributed by atoms with Crippen LogP contribution in [0.15, 0.2) is 0 Å². The van der Waals surface area contributed by atoms with Gasteiger partial charge in [-0.15, -0.1) is 0 Å². The van der Waals surface area contributed by atoms with Crippen LogP contribution in [-0.2, 0) is 32.3 Å². The van der Waals surface area contributed by atoms with Crippen LogP contribution in [0.5, 0.6) is 0 Å². The van der Waals surface area contributed by atoms with E-state index in [9.17, 15) is 54.3 Å². The first-order chi connectivity index (χ1) is 14.5. The maximum absolute atomic E-state index is 11.8. The van der Waals surface area contributed by atoms with E-state index in [4.69, 9.17) is 20.0 Å². The van der Waals surface area contributed by atoms with Crippen molar-refractivity contribution in [1.82, 2.24) is 0 Å². The topological polar surface area (TPSA) is 318 Å². The molecule has 18 nitrogen and oxygen atoms in total. The number of aliphatic hydroxyl groups excluding tert-OH is 8. The number of aldehydes is 1. The van der Waals surface area contributed by atoms with E-state index in [0.717, 1.165) is 0 Å². The van der Waals surface area contributed by atoms with Crippen molar-refractivity contribution >= 4 is 27.9 Å². The zero-order chi connectivity index (χ0) is 25.4. The summed E-state index contributed by atoms with van der Waals surface area (Å²) in [5.74, 6) is -2.12. The molecule has 0 aromatic rings. The second-order valence-corrected chi connectivity index (χ2v) is 8.67. The van der Waals surface area contributed by atoms with Crippen molar-refractivity contribution in [1.29, 1.82) is 0 Å². The molecule has 9 atom stereocenters. The largest absolute Gasteiger partial charge is 0.530 e. The van der Waals surface area contributed by atoms with Gasteiger partial charge in [-0.1, -0.05) is 0 Å². The Bertz CT molecular complexity index is 695. The van der Waals surface area contributed by atoms with Crippen LogP contribution in [-0.4, -0.2) is 130 Å². The fourth-order valence-electron chi connectivity index (χ4n) is 1.87. The summed E-state index contributed by atoms with van der Waals surface area (Å²) in [5, 5.41) is 75.1. The summed E-state index contributed by atoms with van der Waals surface area (Å²) < 4.78 is 34.2. The standard InChI is InChI=1S/C12H24O18P2/c13-1-4(15)7(17)10(20)11(21)12(22)30-32(26,27)29-6(2-14)9(19)8(18)5(16)3-28-31(23,24)25/h2,4-11,13,15-21H,1,3H2,(H,26,27)(H2,23,24,25)/t4-,5-,6-,7-,8-,9-,10+,11+/m1/s1. The Morgan fingerprint density at radius 3 is 1.78 bits per heavy atom. The second-order valence-electron chi connectivity index (χ2n) is 6.10. The minimum absolute atomic E-state index is 0.395. The summed E-state index contributed by atoms with van der Waals surface area (Å²) in [6.45, 7) is -2.36. The smallest absolute Gasteiger partial charge is 0.394 e. The van der Waals surface area contributed by atoms with E-state index in [-0.39, 0.29) is 0 Å². The number of aliphatic hydroxyl groups is 8. The number of hydrogen-bond acceptors (Lipinski definition) is 15.